The maximum Gasteiger partial charge on any atom is 0.364 e. The molecule has 90 heavy (non-hydrogen) atoms. The molecule has 2 amide bonds. The molecule has 7 saturated heterocycles. The summed E-state index contributed by atoms with van der Waals surface area (Å²) in [5.41, 5.74) is 0. The highest BCUT2D eigenvalue weighted by molar-refractivity contribution is 5.76. The van der Waals surface area contributed by atoms with E-state index in [0.29, 0.717) is 0 Å². The van der Waals surface area contributed by atoms with Gasteiger partial charge in [0.2, 0.25) is 11.8 Å². The van der Waals surface area contributed by atoms with E-state index in [0.717, 1.165) is 13.8 Å². The summed E-state index contributed by atoms with van der Waals surface area (Å²) in [7, 11) is 0. The number of aliphatic hydroxyl groups is 22. The van der Waals surface area contributed by atoms with Crippen LogP contribution in [0.1, 0.15) is 20.3 Å². The van der Waals surface area contributed by atoms with Crippen molar-refractivity contribution in [3.05, 3.63) is 0 Å². The van der Waals surface area contributed by atoms with E-state index in [1.165, 1.54) is 0 Å². The van der Waals surface area contributed by atoms with E-state index in [-0.39, 0.29) is 0 Å². The number of carbonyl (C=O) groups excluding carboxylic acids is 2. The van der Waals surface area contributed by atoms with Gasteiger partial charge in [-0.05, 0) is 0 Å². The number of aliphatic carboxylic acids is 1. The van der Waals surface area contributed by atoms with Gasteiger partial charge in [0.15, 0.2) is 37.7 Å². The smallest absolute Gasteiger partial charge is 0.364 e. The number of carbonyl (C=O) groups is 3. The maximum atomic E-state index is 13.2. The van der Waals surface area contributed by atoms with Gasteiger partial charge in [0.1, 0.15) is 165 Å². The minimum atomic E-state index is -3.28. The number of rotatable bonds is 24. The molecule has 7 rings (SSSR count). The Balaban J connectivity index is 1.12. The van der Waals surface area contributed by atoms with Crippen molar-refractivity contribution < 1.29 is 193 Å². The number of carboxylic acids is 1. The SMILES string of the molecule is CC(=O)N[C@H]1[C@H](O[C@H]2[C@@H](O)[C@@H](CO[C@@H]3O[C@H](CO)[C@H](O)[C@H](O)[C@H]3O)O[C@@H](O[C@H]3[C@H](O)[C@@H](O)[C@H](O[C@@H]4[C@@H](O)[C@H](O[C@@H]5[C@@H](O[C@]6(C(=O)O)C[C@H](O)[C@@H](NC(C)=O)[C@H]([C@H](O)[C@H](O)CO)O6)[C@@H](O)[C@@H](CO)O[C@H]5O)O[C@H](CO)[C@H]4O)O[C@@H]3CO)[C@@H]2O)O[C@H](CO)[C@@H](O)[C@@H]1O. The summed E-state index contributed by atoms with van der Waals surface area (Å²) < 4.78 is 73.8. The Morgan fingerprint density at radius 1 is 0.456 bits per heavy atom. The van der Waals surface area contributed by atoms with Crippen molar-refractivity contribution in [3.63, 3.8) is 0 Å². The zero-order valence-corrected chi connectivity index (χ0v) is 47.7. The molecule has 0 bridgehead atoms. The lowest BCUT2D eigenvalue weighted by molar-refractivity contribution is -0.405. The molecular formula is C49H82N2O39. The van der Waals surface area contributed by atoms with Crippen LogP contribution < -0.4 is 10.6 Å². The second kappa shape index (κ2) is 31.7. The molecule has 25 N–H and O–H groups in total. The van der Waals surface area contributed by atoms with Crippen molar-refractivity contribution >= 4 is 17.8 Å². The largest absolute Gasteiger partial charge is 0.477 e. The number of ether oxygens (including phenoxy) is 13. The lowest BCUT2D eigenvalue weighted by atomic mass is 9.88. The number of hydrogen-bond acceptors (Lipinski definition) is 38. The lowest BCUT2D eigenvalue weighted by Gasteiger charge is -2.51. The summed E-state index contributed by atoms with van der Waals surface area (Å²) in [6.07, 6.45) is -70.8. The van der Waals surface area contributed by atoms with Crippen LogP contribution in [-0.4, -0.2) is 402 Å². The van der Waals surface area contributed by atoms with Crippen LogP contribution in [0.2, 0.25) is 0 Å². The van der Waals surface area contributed by atoms with Crippen LogP contribution in [0.3, 0.4) is 0 Å². The van der Waals surface area contributed by atoms with Crippen LogP contribution in [0.4, 0.5) is 0 Å². The van der Waals surface area contributed by atoms with E-state index in [1.54, 1.807) is 0 Å². The van der Waals surface area contributed by atoms with Gasteiger partial charge in [-0.15, -0.1) is 0 Å². The highest BCUT2D eigenvalue weighted by Crippen LogP contribution is 2.41. The first-order valence-electron chi connectivity index (χ1n) is 28.3. The van der Waals surface area contributed by atoms with Crippen molar-refractivity contribution in [3.8, 4) is 0 Å². The van der Waals surface area contributed by atoms with Crippen molar-refractivity contribution in [1.82, 2.24) is 10.6 Å². The topological polar surface area (TPSA) is 661 Å². The van der Waals surface area contributed by atoms with E-state index in [4.69, 9.17) is 61.6 Å². The molecule has 7 heterocycles. The molecule has 522 valence electrons. The molecular weight excluding hydrogens is 1240 g/mol. The summed E-state index contributed by atoms with van der Waals surface area (Å²) in [5, 5.41) is 254. The predicted octanol–water partition coefficient (Wildman–Crippen LogP) is -16.8. The molecule has 0 radical (unpaired) electrons. The molecule has 0 unspecified atom stereocenters. The van der Waals surface area contributed by atoms with E-state index in [1.807, 2.05) is 0 Å². The number of aliphatic hydroxyl groups excluding tert-OH is 22. The highest BCUT2D eigenvalue weighted by Gasteiger charge is 2.62. The molecule has 7 fully saturated rings. The van der Waals surface area contributed by atoms with Gasteiger partial charge in [0.25, 0.3) is 5.79 Å². The Morgan fingerprint density at radius 3 is 1.42 bits per heavy atom. The second-order valence-electron chi connectivity index (χ2n) is 22.5. The lowest BCUT2D eigenvalue weighted by Crippen LogP contribution is -2.71. The Morgan fingerprint density at radius 2 is 0.878 bits per heavy atom. The molecule has 0 aromatic heterocycles. The molecule has 0 aromatic rings. The third-order valence-electron chi connectivity index (χ3n) is 16.3. The van der Waals surface area contributed by atoms with Crippen LogP contribution >= 0.6 is 0 Å². The van der Waals surface area contributed by atoms with E-state index in [9.17, 15) is 132 Å². The third-order valence-corrected chi connectivity index (χ3v) is 16.3. The van der Waals surface area contributed by atoms with Gasteiger partial charge in [-0.25, -0.2) is 4.79 Å². The van der Waals surface area contributed by atoms with Gasteiger partial charge >= 0.3 is 5.97 Å². The number of nitrogens with one attached hydrogen (secondary N) is 2. The zero-order chi connectivity index (χ0) is 66.7. The van der Waals surface area contributed by atoms with Gasteiger partial charge in [0.05, 0.1) is 58.4 Å². The second-order valence-corrected chi connectivity index (χ2v) is 22.5. The van der Waals surface area contributed by atoms with Crippen LogP contribution in [0.25, 0.3) is 0 Å². The van der Waals surface area contributed by atoms with Crippen LogP contribution in [0, 0.1) is 0 Å². The first-order chi connectivity index (χ1) is 42.4. The predicted molar refractivity (Wildman–Crippen MR) is 272 cm³/mol. The van der Waals surface area contributed by atoms with Gasteiger partial charge < -0.3 is 190 Å². The number of amides is 2. The summed E-state index contributed by atoms with van der Waals surface area (Å²) in [6, 6.07) is -3.42. The third kappa shape index (κ3) is 15.8. The van der Waals surface area contributed by atoms with Crippen LogP contribution in [0.15, 0.2) is 0 Å². The van der Waals surface area contributed by atoms with Crippen molar-refractivity contribution in [2.45, 2.75) is 241 Å². The first kappa shape index (κ1) is 74.4. The number of hydrogen-bond donors (Lipinski definition) is 25. The van der Waals surface area contributed by atoms with Gasteiger partial charge in [0, 0.05) is 20.3 Å². The average molecular weight is 1320 g/mol. The van der Waals surface area contributed by atoms with Crippen LogP contribution in [-0.2, 0) is 76.0 Å². The van der Waals surface area contributed by atoms with Crippen molar-refractivity contribution in [2.24, 2.45) is 0 Å². The first-order valence-corrected chi connectivity index (χ1v) is 28.3. The molecule has 0 aliphatic carbocycles. The normalized spacial score (nSPS) is 48.5. The molecule has 7 aliphatic heterocycles. The summed E-state index contributed by atoms with van der Waals surface area (Å²) in [5.74, 6) is -7.10. The number of carboxylic acid groups (broad SMARTS) is 1. The fourth-order valence-electron chi connectivity index (χ4n) is 11.4. The fraction of sp³-hybridized carbons (Fsp3) is 0.939. The maximum absolute atomic E-state index is 13.2. The average Bonchev–Trinajstić information content (AvgIpc) is 0.771. The Bertz CT molecular complexity index is 2290. The minimum absolute atomic E-state index is 0.828. The Hall–Kier alpha value is -2.99. The zero-order valence-electron chi connectivity index (χ0n) is 47.7. The Kier molecular flexibility index (Phi) is 26.2. The summed E-state index contributed by atoms with van der Waals surface area (Å²) in [4.78, 5) is 37.6. The quantitative estimate of drug-likeness (QED) is 0.0427. The van der Waals surface area contributed by atoms with Crippen molar-refractivity contribution in [2.75, 3.05) is 46.2 Å². The summed E-state index contributed by atoms with van der Waals surface area (Å²) >= 11 is 0. The molecule has 41 nitrogen and oxygen atoms in total. The molecule has 7 aliphatic rings. The highest BCUT2D eigenvalue weighted by atomic mass is 16.8. The van der Waals surface area contributed by atoms with E-state index < -0.39 is 291 Å². The molecule has 0 aromatic carbocycles. The molecule has 36 atom stereocenters. The van der Waals surface area contributed by atoms with Crippen molar-refractivity contribution in [1.29, 1.82) is 0 Å². The van der Waals surface area contributed by atoms with E-state index >= 15 is 0 Å². The monoisotopic (exact) mass is 1320 g/mol. The molecule has 0 spiro atoms. The fourth-order valence-corrected chi connectivity index (χ4v) is 11.4. The Labute approximate surface area is 508 Å². The summed E-state index contributed by atoms with van der Waals surface area (Å²) in [6.45, 7) is -5.54. The molecule has 41 heteroatoms. The molecule has 0 saturated carbocycles. The van der Waals surface area contributed by atoms with E-state index in [2.05, 4.69) is 10.6 Å². The van der Waals surface area contributed by atoms with Gasteiger partial charge in [-0.1, -0.05) is 0 Å². The van der Waals surface area contributed by atoms with Crippen LogP contribution in [0.5, 0.6) is 0 Å². The minimum Gasteiger partial charge on any atom is -0.477 e. The van der Waals surface area contributed by atoms with Gasteiger partial charge in [-0.3, -0.25) is 9.59 Å². The standard InChI is InChI=1S/C49H82N2O39/c1-11(58)50-21-13(60)3-49(48(76)77,89-37(21)23(62)14(61)4-52)90-40-27(66)17(7-55)79-42(75)41(40)88-46-34(73)38(26(65)18(8-56)82-46)87-45-33(72)31(70)36(19(9-57)83-45)85-47-35(74)39(86-43-22(51-12(2)59)29(68)24(63)15(5-53)80-43)28(67)20(84-47)10-78-44-32(71)30(69)25(64)16(6-54)81-44/h13-47,52-57,60-75H,3-10H2,1-2H3,(H,50,58)(H,51,59)(H,76,77)/t13-,14+,15+,16+,17+,18+,19+,20+,21+,22+,23+,24+,25-,26+,27-,28-,29+,30-,31+,32+,33+,34+,35+,36+,37+,38-,39-,40-,41+,42+,43-,44+,45-,46-,47-,49-/m0/s1. The van der Waals surface area contributed by atoms with Gasteiger partial charge in [-0.2, -0.15) is 0 Å².